The number of nitrogens with zero attached hydrogens (tertiary/aromatic N) is 3. The number of likely N-dealkylation sites (N-methyl/N-ethyl adjacent to an activating group) is 1. The van der Waals surface area contributed by atoms with Crippen molar-refractivity contribution >= 4 is 47.3 Å². The van der Waals surface area contributed by atoms with Crippen LogP contribution in [0.25, 0.3) is 0 Å². The first-order valence-corrected chi connectivity index (χ1v) is 13.7. The maximum absolute atomic E-state index is 13.6. The summed E-state index contributed by atoms with van der Waals surface area (Å²) < 4.78 is 16.4. The smallest absolute Gasteiger partial charge is 0.418 e. The van der Waals surface area contributed by atoms with Gasteiger partial charge in [-0.15, -0.1) is 0 Å². The number of anilines is 1. The summed E-state index contributed by atoms with van der Waals surface area (Å²) in [5, 5.41) is 2.56. The number of hydrogen-bond donors (Lipinski definition) is 1. The average Bonchev–Trinajstić information content (AvgIpc) is 3.23. The van der Waals surface area contributed by atoms with E-state index < -0.39 is 70.9 Å². The molecule has 2 aliphatic heterocycles. The summed E-state index contributed by atoms with van der Waals surface area (Å²) >= 11 is 0. The second-order valence-electron chi connectivity index (χ2n) is 12.3. The fourth-order valence-corrected chi connectivity index (χ4v) is 4.37. The Morgan fingerprint density at radius 1 is 1.07 bits per heavy atom. The van der Waals surface area contributed by atoms with E-state index in [4.69, 9.17) is 14.2 Å². The zero-order valence-corrected chi connectivity index (χ0v) is 25.8. The number of urea groups is 1. The van der Waals surface area contributed by atoms with Gasteiger partial charge in [-0.25, -0.2) is 19.3 Å². The van der Waals surface area contributed by atoms with Crippen molar-refractivity contribution in [3.05, 3.63) is 23.8 Å². The molecule has 2 saturated heterocycles. The fourth-order valence-electron chi connectivity index (χ4n) is 4.37. The van der Waals surface area contributed by atoms with Crippen LogP contribution in [0.5, 0.6) is 5.75 Å². The number of benzene rings is 1. The van der Waals surface area contributed by atoms with Gasteiger partial charge in [-0.2, -0.15) is 0 Å². The molecule has 43 heavy (non-hydrogen) atoms. The second-order valence-corrected chi connectivity index (χ2v) is 12.3. The predicted molar refractivity (Wildman–Crippen MR) is 151 cm³/mol. The molecule has 1 aromatic carbocycles. The van der Waals surface area contributed by atoms with Crippen molar-refractivity contribution in [2.45, 2.75) is 79.2 Å². The summed E-state index contributed by atoms with van der Waals surface area (Å²) in [7, 11) is 1.49. The summed E-state index contributed by atoms with van der Waals surface area (Å²) in [5.41, 5.74) is -2.58. The van der Waals surface area contributed by atoms with Crippen LogP contribution in [-0.4, -0.2) is 100 Å². The van der Waals surface area contributed by atoms with E-state index in [1.54, 1.807) is 34.6 Å². The summed E-state index contributed by atoms with van der Waals surface area (Å²) in [6.45, 7) is 12.1. The normalized spacial score (nSPS) is 18.1. The van der Waals surface area contributed by atoms with Crippen LogP contribution in [0.2, 0.25) is 0 Å². The summed E-state index contributed by atoms with van der Waals surface area (Å²) in [6, 6.07) is 1.69. The molecule has 0 aliphatic carbocycles. The van der Waals surface area contributed by atoms with Crippen molar-refractivity contribution < 1.29 is 47.8 Å². The third kappa shape index (κ3) is 7.12. The highest BCUT2D eigenvalue weighted by atomic mass is 16.6. The van der Waals surface area contributed by atoms with Gasteiger partial charge in [0.1, 0.15) is 18.4 Å². The van der Waals surface area contributed by atoms with Crippen molar-refractivity contribution in [3.8, 4) is 5.75 Å². The van der Waals surface area contributed by atoms with Gasteiger partial charge < -0.3 is 24.4 Å². The Kier molecular flexibility index (Phi) is 9.23. The molecule has 0 radical (unpaired) electrons. The van der Waals surface area contributed by atoms with Crippen LogP contribution < -0.4 is 10.1 Å². The molecule has 14 heteroatoms. The van der Waals surface area contributed by atoms with Gasteiger partial charge in [-0.1, -0.05) is 20.8 Å². The van der Waals surface area contributed by atoms with E-state index in [9.17, 15) is 33.6 Å². The maximum atomic E-state index is 13.6. The van der Waals surface area contributed by atoms with Crippen LogP contribution in [0.3, 0.4) is 0 Å². The molecule has 2 fully saturated rings. The molecule has 0 aromatic heterocycles. The number of hydrogen-bond acceptors (Lipinski definition) is 10. The minimum absolute atomic E-state index is 0.0408. The van der Waals surface area contributed by atoms with Crippen LogP contribution in [0.4, 0.5) is 15.3 Å². The van der Waals surface area contributed by atoms with E-state index in [2.05, 4.69) is 5.32 Å². The molecule has 1 N–H and O–H groups in total. The van der Waals surface area contributed by atoms with Crippen molar-refractivity contribution in [3.63, 3.8) is 0 Å². The van der Waals surface area contributed by atoms with Gasteiger partial charge in [0.25, 0.3) is 11.8 Å². The van der Waals surface area contributed by atoms with Gasteiger partial charge in [-0.05, 0) is 52.8 Å². The molecule has 0 bridgehead atoms. The third-order valence-corrected chi connectivity index (χ3v) is 6.58. The van der Waals surface area contributed by atoms with E-state index in [-0.39, 0.29) is 30.1 Å². The Hall–Kier alpha value is -4.49. The van der Waals surface area contributed by atoms with Crippen LogP contribution in [0.15, 0.2) is 18.2 Å². The van der Waals surface area contributed by atoms with E-state index in [0.29, 0.717) is 4.90 Å². The van der Waals surface area contributed by atoms with E-state index in [1.807, 2.05) is 0 Å². The third-order valence-electron chi connectivity index (χ3n) is 6.58. The fraction of sp³-hybridized carbons (Fsp3) is 0.552. The minimum Gasteiger partial charge on any atom is -0.489 e. The predicted octanol–water partition coefficient (Wildman–Crippen LogP) is 2.59. The molecule has 1 aromatic rings. The lowest BCUT2D eigenvalue weighted by Crippen LogP contribution is -2.55. The second kappa shape index (κ2) is 12.0. The van der Waals surface area contributed by atoms with E-state index >= 15 is 0 Å². The first kappa shape index (κ1) is 33.0. The Morgan fingerprint density at radius 2 is 1.70 bits per heavy atom. The van der Waals surface area contributed by atoms with Crippen molar-refractivity contribution in [2.24, 2.45) is 5.41 Å². The molecular formula is C29H38N4O10. The first-order chi connectivity index (χ1) is 19.7. The van der Waals surface area contributed by atoms with Crippen molar-refractivity contribution in [1.82, 2.24) is 14.7 Å². The molecule has 0 spiro atoms. The summed E-state index contributed by atoms with van der Waals surface area (Å²) in [5.74, 6) is -3.65. The van der Waals surface area contributed by atoms with Gasteiger partial charge in [0, 0.05) is 12.5 Å². The molecule has 0 saturated carbocycles. The largest absolute Gasteiger partial charge is 0.489 e. The number of nitrogens with one attached hydrogen (secondary N) is 1. The van der Waals surface area contributed by atoms with Gasteiger partial charge in [0.15, 0.2) is 17.4 Å². The zero-order chi connectivity index (χ0) is 32.6. The average molecular weight is 603 g/mol. The number of ketones is 1. The lowest BCUT2D eigenvalue weighted by molar-refractivity contribution is -0.145. The number of Topliss-reactive ketones (excluding diaryl/α,β-unsaturated/α-hetero) is 1. The quantitative estimate of drug-likeness (QED) is 0.239. The van der Waals surface area contributed by atoms with Crippen LogP contribution >= 0.6 is 0 Å². The zero-order valence-electron chi connectivity index (χ0n) is 25.8. The monoisotopic (exact) mass is 602 g/mol. The van der Waals surface area contributed by atoms with Gasteiger partial charge in [-0.3, -0.25) is 24.1 Å². The van der Waals surface area contributed by atoms with Crippen LogP contribution in [0, 0.1) is 5.41 Å². The number of cyclic esters (lactones) is 1. The molecule has 2 heterocycles. The first-order valence-electron chi connectivity index (χ1n) is 13.7. The van der Waals surface area contributed by atoms with Crippen molar-refractivity contribution in [2.75, 3.05) is 25.5 Å². The number of carbonyl (C=O) groups is 7. The minimum atomic E-state index is -1.84. The lowest BCUT2D eigenvalue weighted by Gasteiger charge is -2.28. The molecule has 3 rings (SSSR count). The summed E-state index contributed by atoms with van der Waals surface area (Å²) in [6.07, 6.45) is -2.36. The highest BCUT2D eigenvalue weighted by molar-refractivity contribution is 6.19. The molecule has 14 nitrogen and oxygen atoms in total. The van der Waals surface area contributed by atoms with Gasteiger partial charge >= 0.3 is 18.1 Å². The standard InChI is InChI=1S/C29H38N4O10/c1-15(2)41-19-12-17(24(37)42-16(3)13-32-20(34)14-31(9)26(32)39)10-11-18(19)30-23(36)21(22(35)28(4,5)6)33-25(38)29(7,8)43-27(33)40/h10-12,15-16,21H,13-14H2,1-9H3,(H,30,36). The highest BCUT2D eigenvalue weighted by Gasteiger charge is 2.55. The Labute approximate surface area is 249 Å². The Bertz CT molecular complexity index is 1360. The number of carbonyl (C=O) groups excluding carboxylic acids is 7. The highest BCUT2D eigenvalue weighted by Crippen LogP contribution is 2.32. The Morgan fingerprint density at radius 3 is 2.19 bits per heavy atom. The summed E-state index contributed by atoms with van der Waals surface area (Å²) in [4.78, 5) is 92.5. The lowest BCUT2D eigenvalue weighted by atomic mass is 9.85. The van der Waals surface area contributed by atoms with Gasteiger partial charge in [0.05, 0.1) is 23.9 Å². The Balaban J connectivity index is 1.86. The number of imide groups is 2. The molecule has 2 aliphatic rings. The van der Waals surface area contributed by atoms with Gasteiger partial charge in [0.2, 0.25) is 5.91 Å². The number of esters is 1. The van der Waals surface area contributed by atoms with Crippen LogP contribution in [0.1, 0.15) is 65.7 Å². The maximum Gasteiger partial charge on any atom is 0.418 e. The van der Waals surface area contributed by atoms with E-state index in [0.717, 1.165) is 4.90 Å². The number of amides is 6. The number of ether oxygens (including phenoxy) is 3. The molecule has 234 valence electrons. The number of rotatable bonds is 10. The van der Waals surface area contributed by atoms with Crippen molar-refractivity contribution in [1.29, 1.82) is 0 Å². The van der Waals surface area contributed by atoms with E-state index in [1.165, 1.54) is 50.9 Å². The topological polar surface area (TPSA) is 169 Å². The molecule has 2 atom stereocenters. The molecule has 6 amide bonds. The molecular weight excluding hydrogens is 564 g/mol. The molecule has 2 unspecified atom stereocenters. The SMILES string of the molecule is CC(C)Oc1cc(C(=O)OC(C)CN2C(=O)CN(C)C2=O)ccc1NC(=O)C(C(=O)C(C)(C)C)N1C(=O)OC(C)(C)C1=O. The van der Waals surface area contributed by atoms with Crippen LogP contribution in [-0.2, 0) is 28.7 Å².